The fourth-order valence-corrected chi connectivity index (χ4v) is 0.855. The predicted molar refractivity (Wildman–Crippen MR) is 42.9 cm³/mol. The van der Waals surface area contributed by atoms with E-state index in [1.807, 2.05) is 13.0 Å². The highest BCUT2D eigenvalue weighted by atomic mass is 16.1. The highest BCUT2D eigenvalue weighted by Crippen LogP contribution is 2.07. The Bertz CT molecular complexity index is 249. The summed E-state index contributed by atoms with van der Waals surface area (Å²) in [6.45, 7) is 1.99. The maximum absolute atomic E-state index is 10.5. The third-order valence-electron chi connectivity index (χ3n) is 1.36. The number of nitrogens with zero attached hydrogens (tertiary/aromatic N) is 1. The maximum Gasteiger partial charge on any atom is 0.151 e. The Hall–Kier alpha value is -1.38. The number of hydrogen-bond acceptors (Lipinski definition) is 2. The molecule has 0 spiro atoms. The van der Waals surface area contributed by atoms with Crippen LogP contribution in [0.5, 0.6) is 0 Å². The normalized spacial score (nSPS) is 11.5. The van der Waals surface area contributed by atoms with Gasteiger partial charge in [-0.3, -0.25) is 4.79 Å². The van der Waals surface area contributed by atoms with Gasteiger partial charge in [-0.25, -0.2) is 4.98 Å². The number of aromatic amines is 1. The third-order valence-corrected chi connectivity index (χ3v) is 1.36. The van der Waals surface area contributed by atoms with Crippen molar-refractivity contribution in [2.45, 2.75) is 13.3 Å². The Morgan fingerprint density at radius 2 is 2.64 bits per heavy atom. The predicted octanol–water partition coefficient (Wildman–Crippen LogP) is 1.40. The van der Waals surface area contributed by atoms with Crippen molar-refractivity contribution in [1.29, 1.82) is 0 Å². The van der Waals surface area contributed by atoms with Crippen LogP contribution in [0.25, 0.3) is 5.57 Å². The summed E-state index contributed by atoms with van der Waals surface area (Å²) in [5, 5.41) is 0. The molecule has 58 valence electrons. The summed E-state index contributed by atoms with van der Waals surface area (Å²) in [5.41, 5.74) is 1.45. The van der Waals surface area contributed by atoms with Crippen molar-refractivity contribution in [3.8, 4) is 0 Å². The lowest BCUT2D eigenvalue weighted by Gasteiger charge is -1.91. The summed E-state index contributed by atoms with van der Waals surface area (Å²) < 4.78 is 0. The summed E-state index contributed by atoms with van der Waals surface area (Å²) in [4.78, 5) is 17.2. The summed E-state index contributed by atoms with van der Waals surface area (Å²) in [7, 11) is 0. The largest absolute Gasteiger partial charge is 0.345 e. The molecule has 0 saturated heterocycles. The van der Waals surface area contributed by atoms with Gasteiger partial charge >= 0.3 is 0 Å². The van der Waals surface area contributed by atoms with Gasteiger partial charge in [-0.2, -0.15) is 0 Å². The molecule has 0 amide bonds. The molecule has 3 nitrogen and oxygen atoms in total. The summed E-state index contributed by atoms with van der Waals surface area (Å²) in [5.74, 6) is 0. The van der Waals surface area contributed by atoms with Crippen LogP contribution in [0.2, 0.25) is 0 Å². The molecule has 0 fully saturated rings. The minimum Gasteiger partial charge on any atom is -0.345 e. The summed E-state index contributed by atoms with van der Waals surface area (Å²) in [6, 6.07) is 0. The minimum absolute atomic E-state index is 0.671. The number of imidazole rings is 1. The number of H-pyrrole nitrogens is 1. The van der Waals surface area contributed by atoms with E-state index in [1.165, 1.54) is 0 Å². The molecule has 0 aliphatic carbocycles. The first-order valence-corrected chi connectivity index (χ1v) is 3.52. The number of aldehydes is 1. The first-order chi connectivity index (χ1) is 5.38. The maximum atomic E-state index is 10.5. The number of hydrogen-bond donors (Lipinski definition) is 1. The lowest BCUT2D eigenvalue weighted by molar-refractivity contribution is -0.103. The summed E-state index contributed by atoms with van der Waals surface area (Å²) >= 11 is 0. The number of allylic oxidation sites excluding steroid dienone is 2. The smallest absolute Gasteiger partial charge is 0.151 e. The Morgan fingerprint density at radius 1 is 1.82 bits per heavy atom. The molecule has 1 N–H and O–H groups in total. The molecule has 0 unspecified atom stereocenters. The van der Waals surface area contributed by atoms with Crippen molar-refractivity contribution < 1.29 is 4.79 Å². The van der Waals surface area contributed by atoms with Crippen molar-refractivity contribution in [2.24, 2.45) is 0 Å². The van der Waals surface area contributed by atoms with E-state index in [2.05, 4.69) is 9.97 Å². The van der Waals surface area contributed by atoms with Gasteiger partial charge in [0.2, 0.25) is 0 Å². The van der Waals surface area contributed by atoms with Gasteiger partial charge in [0.25, 0.3) is 0 Å². The van der Waals surface area contributed by atoms with Gasteiger partial charge in [0.1, 0.15) is 0 Å². The number of aromatic nitrogens is 2. The molecule has 0 saturated carbocycles. The standard InChI is InChI=1S/C8H10N2O/c1-2-3-7(5-11)8-4-9-6-10-8/h3-6H,2H2,1H3,(H,9,10)/b7-3+. The van der Waals surface area contributed by atoms with Crippen LogP contribution >= 0.6 is 0 Å². The Kier molecular flexibility index (Phi) is 2.60. The van der Waals surface area contributed by atoms with Crippen LogP contribution in [0.1, 0.15) is 19.0 Å². The van der Waals surface area contributed by atoms with Gasteiger partial charge in [-0.1, -0.05) is 13.0 Å². The van der Waals surface area contributed by atoms with E-state index in [0.29, 0.717) is 5.57 Å². The van der Waals surface area contributed by atoms with Gasteiger partial charge in [-0.15, -0.1) is 0 Å². The molecule has 3 heteroatoms. The molecular weight excluding hydrogens is 140 g/mol. The second-order valence-corrected chi connectivity index (χ2v) is 2.15. The SMILES string of the molecule is CC/C=C(\C=O)c1cnc[nH]1. The van der Waals surface area contributed by atoms with E-state index in [-0.39, 0.29) is 0 Å². The van der Waals surface area contributed by atoms with Crippen LogP contribution in [0, 0.1) is 0 Å². The van der Waals surface area contributed by atoms with Crippen LogP contribution in [0.4, 0.5) is 0 Å². The van der Waals surface area contributed by atoms with Gasteiger partial charge < -0.3 is 4.98 Å². The lowest BCUT2D eigenvalue weighted by atomic mass is 10.2. The van der Waals surface area contributed by atoms with Gasteiger partial charge in [0, 0.05) is 5.57 Å². The third kappa shape index (κ3) is 1.77. The average molecular weight is 150 g/mol. The van der Waals surface area contributed by atoms with Crippen molar-refractivity contribution in [3.63, 3.8) is 0 Å². The molecule has 1 aromatic rings. The molecule has 11 heavy (non-hydrogen) atoms. The van der Waals surface area contributed by atoms with Crippen molar-refractivity contribution in [2.75, 3.05) is 0 Å². The monoisotopic (exact) mass is 150 g/mol. The summed E-state index contributed by atoms with van der Waals surface area (Å²) in [6.07, 6.45) is 6.74. The molecule has 0 radical (unpaired) electrons. The molecule has 1 heterocycles. The van der Waals surface area contributed by atoms with Crippen molar-refractivity contribution in [3.05, 3.63) is 24.3 Å². The van der Waals surface area contributed by atoms with Crippen LogP contribution in [0.15, 0.2) is 18.6 Å². The van der Waals surface area contributed by atoms with E-state index in [1.54, 1.807) is 12.5 Å². The highest BCUT2D eigenvalue weighted by molar-refractivity contribution is 6.05. The molecule has 0 aromatic carbocycles. The quantitative estimate of drug-likeness (QED) is 0.523. The Labute approximate surface area is 65.2 Å². The zero-order valence-electron chi connectivity index (χ0n) is 6.37. The van der Waals surface area contributed by atoms with Crippen molar-refractivity contribution in [1.82, 2.24) is 9.97 Å². The fourth-order valence-electron chi connectivity index (χ4n) is 0.855. The Morgan fingerprint density at radius 3 is 3.09 bits per heavy atom. The van der Waals surface area contributed by atoms with Gasteiger partial charge in [-0.05, 0) is 6.42 Å². The molecule has 0 bridgehead atoms. The highest BCUT2D eigenvalue weighted by Gasteiger charge is 1.98. The van der Waals surface area contributed by atoms with Crippen LogP contribution < -0.4 is 0 Å². The van der Waals surface area contributed by atoms with E-state index in [9.17, 15) is 4.79 Å². The molecule has 0 aliphatic heterocycles. The average Bonchev–Trinajstić information content (AvgIpc) is 2.52. The fraction of sp³-hybridized carbons (Fsp3) is 0.250. The molecular formula is C8H10N2O. The van der Waals surface area contributed by atoms with Crippen LogP contribution in [-0.4, -0.2) is 16.3 Å². The molecule has 1 aromatic heterocycles. The van der Waals surface area contributed by atoms with Crippen molar-refractivity contribution >= 4 is 11.9 Å². The van der Waals surface area contributed by atoms with Gasteiger partial charge in [0.15, 0.2) is 6.29 Å². The molecule has 0 aliphatic rings. The zero-order valence-corrected chi connectivity index (χ0v) is 6.37. The van der Waals surface area contributed by atoms with E-state index in [0.717, 1.165) is 18.4 Å². The minimum atomic E-state index is 0.671. The number of nitrogens with one attached hydrogen (secondary N) is 1. The molecule has 1 rings (SSSR count). The topological polar surface area (TPSA) is 45.8 Å². The number of rotatable bonds is 3. The van der Waals surface area contributed by atoms with Crippen LogP contribution in [0.3, 0.4) is 0 Å². The van der Waals surface area contributed by atoms with E-state index in [4.69, 9.17) is 0 Å². The van der Waals surface area contributed by atoms with Gasteiger partial charge in [0.05, 0.1) is 18.2 Å². The second-order valence-electron chi connectivity index (χ2n) is 2.15. The first kappa shape index (κ1) is 7.72. The number of carbonyl (C=O) groups excluding carboxylic acids is 1. The first-order valence-electron chi connectivity index (χ1n) is 3.52. The Balaban J connectivity index is 2.88. The zero-order chi connectivity index (χ0) is 8.10. The second kappa shape index (κ2) is 3.71. The van der Waals surface area contributed by atoms with E-state index < -0.39 is 0 Å². The van der Waals surface area contributed by atoms with E-state index >= 15 is 0 Å². The lowest BCUT2D eigenvalue weighted by Crippen LogP contribution is -1.84. The van der Waals surface area contributed by atoms with Crippen LogP contribution in [-0.2, 0) is 4.79 Å². The molecule has 0 atom stereocenters. The number of carbonyl (C=O) groups is 1.